The summed E-state index contributed by atoms with van der Waals surface area (Å²) in [7, 11) is -3.18. The van der Waals surface area contributed by atoms with E-state index in [0.29, 0.717) is 28.3 Å². The molecular formula is C30H17O3PS. The predicted octanol–water partition coefficient (Wildman–Crippen LogP) is 7.57. The van der Waals surface area contributed by atoms with E-state index in [2.05, 4.69) is 42.5 Å². The second-order valence-corrected chi connectivity index (χ2v) is 12.6. The highest BCUT2D eigenvalue weighted by atomic mass is 32.1. The summed E-state index contributed by atoms with van der Waals surface area (Å²) in [4.78, 5) is 0. The van der Waals surface area contributed by atoms with Gasteiger partial charge in [0.1, 0.15) is 28.3 Å². The maximum atomic E-state index is 15.1. The van der Waals surface area contributed by atoms with Crippen LogP contribution in [0.5, 0.6) is 23.0 Å². The van der Waals surface area contributed by atoms with Crippen molar-refractivity contribution in [1.82, 2.24) is 0 Å². The first-order chi connectivity index (χ1) is 17.2. The largest absolute Gasteiger partial charge is 0.456 e. The molecule has 35 heavy (non-hydrogen) atoms. The Morgan fingerprint density at radius 1 is 0.600 bits per heavy atom. The van der Waals surface area contributed by atoms with E-state index in [1.165, 1.54) is 20.2 Å². The average molecular weight is 489 g/mol. The molecule has 0 fully saturated rings. The number of fused-ring (bicyclic) bond motifs is 7. The Morgan fingerprint density at radius 2 is 1.29 bits per heavy atom. The van der Waals surface area contributed by atoms with Gasteiger partial charge in [-0.3, -0.25) is 0 Å². The van der Waals surface area contributed by atoms with Gasteiger partial charge >= 0.3 is 0 Å². The SMILES string of the molecule is O=P12c3ccccc3Oc3ccc(-c4ccc5c(c4)sc4ccccc45)c(c31)Oc1ccccc12. The molecule has 0 saturated carbocycles. The second-order valence-electron chi connectivity index (χ2n) is 8.85. The molecule has 0 amide bonds. The van der Waals surface area contributed by atoms with Crippen molar-refractivity contribution in [3.8, 4) is 34.1 Å². The van der Waals surface area contributed by atoms with Crippen LogP contribution in [-0.2, 0) is 4.57 Å². The summed E-state index contributed by atoms with van der Waals surface area (Å²) >= 11 is 1.79. The zero-order valence-corrected chi connectivity index (χ0v) is 20.1. The molecule has 0 aliphatic carbocycles. The summed E-state index contributed by atoms with van der Waals surface area (Å²) in [6.07, 6.45) is 0. The van der Waals surface area contributed by atoms with Crippen LogP contribution in [0.25, 0.3) is 31.3 Å². The standard InChI is InChI=1S/C30H17O3PS/c31-34-25-10-4-2-8-22(25)32-24-16-15-19(29(30(24)34)33-23-9-3-5-11-26(23)34)18-13-14-21-20-7-1-6-12-27(20)35-28(21)17-18/h1-17H. The summed E-state index contributed by atoms with van der Waals surface area (Å²) in [5.74, 6) is 2.51. The minimum Gasteiger partial charge on any atom is -0.456 e. The maximum Gasteiger partial charge on any atom is 0.185 e. The smallest absolute Gasteiger partial charge is 0.185 e. The van der Waals surface area contributed by atoms with Crippen LogP contribution in [0.2, 0.25) is 0 Å². The summed E-state index contributed by atoms with van der Waals surface area (Å²) in [5.41, 5.74) is 1.95. The van der Waals surface area contributed by atoms with Crippen molar-refractivity contribution in [2.75, 3.05) is 0 Å². The van der Waals surface area contributed by atoms with Gasteiger partial charge in [-0.05, 0) is 54.1 Å². The molecule has 0 radical (unpaired) electrons. The highest BCUT2D eigenvalue weighted by Crippen LogP contribution is 2.59. The molecule has 1 aromatic heterocycles. The van der Waals surface area contributed by atoms with Gasteiger partial charge < -0.3 is 14.0 Å². The normalized spacial score (nSPS) is 17.3. The van der Waals surface area contributed by atoms with Gasteiger partial charge in [0.15, 0.2) is 7.14 Å². The Balaban J connectivity index is 1.42. The van der Waals surface area contributed by atoms with E-state index in [1.807, 2.05) is 60.7 Å². The summed E-state index contributed by atoms with van der Waals surface area (Å²) < 4.78 is 30.4. The monoisotopic (exact) mass is 488 g/mol. The third-order valence-electron chi connectivity index (χ3n) is 6.94. The van der Waals surface area contributed by atoms with Crippen LogP contribution in [0.1, 0.15) is 0 Å². The third kappa shape index (κ3) is 2.53. The van der Waals surface area contributed by atoms with Crippen LogP contribution in [0.3, 0.4) is 0 Å². The number of ether oxygens (including phenoxy) is 2. The van der Waals surface area contributed by atoms with Crippen molar-refractivity contribution in [3.05, 3.63) is 103 Å². The van der Waals surface area contributed by atoms with Crippen LogP contribution in [0.15, 0.2) is 103 Å². The zero-order chi connectivity index (χ0) is 23.1. The first-order valence-corrected chi connectivity index (χ1v) is 14.0. The highest BCUT2D eigenvalue weighted by molar-refractivity contribution is 7.86. The van der Waals surface area contributed by atoms with E-state index in [0.717, 1.165) is 21.7 Å². The van der Waals surface area contributed by atoms with Gasteiger partial charge in [0.05, 0.1) is 10.6 Å². The number of para-hydroxylation sites is 2. The molecule has 0 bridgehead atoms. The molecule has 1 unspecified atom stereocenters. The Morgan fingerprint density at radius 3 is 2.11 bits per heavy atom. The van der Waals surface area contributed by atoms with Gasteiger partial charge in [-0.25, -0.2) is 0 Å². The third-order valence-corrected chi connectivity index (χ3v) is 11.2. The van der Waals surface area contributed by atoms with Gasteiger partial charge in [0.25, 0.3) is 0 Å². The molecule has 1 atom stereocenters. The Bertz CT molecular complexity index is 1890. The van der Waals surface area contributed by atoms with Crippen molar-refractivity contribution in [3.63, 3.8) is 0 Å². The average Bonchev–Trinajstić information content (AvgIpc) is 3.27. The van der Waals surface area contributed by atoms with E-state index >= 15 is 4.57 Å². The summed E-state index contributed by atoms with van der Waals surface area (Å²) in [5, 5.41) is 4.62. The molecule has 2 aliphatic rings. The molecular weight excluding hydrogens is 471 g/mol. The fraction of sp³-hybridized carbons (Fsp3) is 0. The van der Waals surface area contributed by atoms with Crippen molar-refractivity contribution < 1.29 is 14.0 Å². The number of rotatable bonds is 1. The van der Waals surface area contributed by atoms with Gasteiger partial charge in [0, 0.05) is 25.7 Å². The fourth-order valence-corrected chi connectivity index (χ4v) is 9.59. The van der Waals surface area contributed by atoms with E-state index < -0.39 is 7.14 Å². The summed E-state index contributed by atoms with van der Waals surface area (Å²) in [6.45, 7) is 0. The van der Waals surface area contributed by atoms with Gasteiger partial charge in [0.2, 0.25) is 0 Å². The molecule has 166 valence electrons. The van der Waals surface area contributed by atoms with Crippen LogP contribution < -0.4 is 25.4 Å². The van der Waals surface area contributed by atoms with Crippen LogP contribution in [0.4, 0.5) is 0 Å². The van der Waals surface area contributed by atoms with Crippen molar-refractivity contribution in [2.45, 2.75) is 0 Å². The highest BCUT2D eigenvalue weighted by Gasteiger charge is 2.46. The first kappa shape index (κ1) is 19.5. The quantitative estimate of drug-likeness (QED) is 0.224. The van der Waals surface area contributed by atoms with Gasteiger partial charge in [-0.2, -0.15) is 0 Å². The van der Waals surface area contributed by atoms with Gasteiger partial charge in [-0.1, -0.05) is 54.6 Å². The predicted molar refractivity (Wildman–Crippen MR) is 144 cm³/mol. The van der Waals surface area contributed by atoms with Crippen LogP contribution in [0, 0.1) is 0 Å². The molecule has 2 aliphatic heterocycles. The Hall–Kier alpha value is -3.85. The fourth-order valence-electron chi connectivity index (χ4n) is 5.36. The minimum atomic E-state index is -3.18. The number of thiophene rings is 1. The molecule has 5 heteroatoms. The molecule has 0 N–H and O–H groups in total. The minimum absolute atomic E-state index is 0.600. The molecule has 8 rings (SSSR count). The number of benzene rings is 5. The molecule has 0 spiro atoms. The zero-order valence-electron chi connectivity index (χ0n) is 18.4. The lowest BCUT2D eigenvalue weighted by Crippen LogP contribution is -2.35. The molecule has 6 aromatic rings. The first-order valence-electron chi connectivity index (χ1n) is 11.5. The lowest BCUT2D eigenvalue weighted by atomic mass is 10.0. The lowest BCUT2D eigenvalue weighted by molar-refractivity contribution is 0.463. The number of hydrogen-bond acceptors (Lipinski definition) is 4. The Kier molecular flexibility index (Phi) is 3.81. The van der Waals surface area contributed by atoms with E-state index in [9.17, 15) is 0 Å². The second kappa shape index (κ2) is 6.85. The van der Waals surface area contributed by atoms with Gasteiger partial charge in [-0.15, -0.1) is 11.3 Å². The van der Waals surface area contributed by atoms with Crippen LogP contribution >= 0.6 is 18.5 Å². The maximum absolute atomic E-state index is 15.1. The molecule has 3 nitrogen and oxygen atoms in total. The van der Waals surface area contributed by atoms with E-state index in [-0.39, 0.29) is 0 Å². The number of hydrogen-bond donors (Lipinski definition) is 0. The van der Waals surface area contributed by atoms with E-state index in [4.69, 9.17) is 9.47 Å². The van der Waals surface area contributed by atoms with E-state index in [1.54, 1.807) is 11.3 Å². The topological polar surface area (TPSA) is 35.5 Å². The van der Waals surface area contributed by atoms with Crippen molar-refractivity contribution >= 4 is 54.6 Å². The van der Waals surface area contributed by atoms with Crippen LogP contribution in [-0.4, -0.2) is 0 Å². The molecule has 0 saturated heterocycles. The molecule has 5 aromatic carbocycles. The lowest BCUT2D eigenvalue weighted by Gasteiger charge is -2.35. The van der Waals surface area contributed by atoms with Crippen molar-refractivity contribution in [1.29, 1.82) is 0 Å². The Labute approximate surface area is 205 Å². The summed E-state index contributed by atoms with van der Waals surface area (Å²) in [6, 6.07) is 34.3. The molecule has 3 heterocycles. The van der Waals surface area contributed by atoms with Crippen molar-refractivity contribution in [2.24, 2.45) is 0 Å².